The van der Waals surface area contributed by atoms with E-state index in [1.165, 1.54) is 24.3 Å². The van der Waals surface area contributed by atoms with Crippen LogP contribution < -0.4 is 15.6 Å². The first-order valence-corrected chi connectivity index (χ1v) is 9.68. The summed E-state index contributed by atoms with van der Waals surface area (Å²) in [5, 5.41) is 0.755. The highest BCUT2D eigenvalue weighted by Crippen LogP contribution is 2.30. The van der Waals surface area contributed by atoms with Crippen molar-refractivity contribution in [2.24, 2.45) is 7.05 Å². The number of para-hydroxylation sites is 1. The zero-order chi connectivity index (χ0) is 23.6. The molecule has 0 radical (unpaired) electrons. The van der Waals surface area contributed by atoms with Crippen molar-refractivity contribution in [1.82, 2.24) is 20.4 Å². The van der Waals surface area contributed by atoms with Crippen LogP contribution in [0.25, 0.3) is 10.9 Å². The van der Waals surface area contributed by atoms with Crippen LogP contribution in [-0.2, 0) is 13.2 Å². The molecule has 33 heavy (non-hydrogen) atoms. The number of nitrogens with one attached hydrogen (secondary N) is 2. The van der Waals surface area contributed by atoms with Crippen molar-refractivity contribution in [3.8, 4) is 11.6 Å². The van der Waals surface area contributed by atoms with Crippen molar-refractivity contribution in [2.75, 3.05) is 0 Å². The van der Waals surface area contributed by atoms with E-state index in [1.807, 2.05) is 35.9 Å². The number of nitrogens with zero attached hydrogens (tertiary/aromatic N) is 2. The van der Waals surface area contributed by atoms with Gasteiger partial charge < -0.3 is 9.30 Å². The normalized spacial score (nSPS) is 11.3. The minimum atomic E-state index is -4.48. The van der Waals surface area contributed by atoms with Gasteiger partial charge in [0, 0.05) is 42.0 Å². The number of rotatable bonds is 4. The van der Waals surface area contributed by atoms with E-state index in [0.717, 1.165) is 23.0 Å². The molecule has 0 saturated carbocycles. The molecule has 0 bridgehead atoms. The molecule has 10 heteroatoms. The van der Waals surface area contributed by atoms with Gasteiger partial charge in [-0.15, -0.1) is 0 Å². The lowest BCUT2D eigenvalue weighted by Crippen LogP contribution is -2.41. The number of ether oxygens (including phenoxy) is 1. The summed E-state index contributed by atoms with van der Waals surface area (Å²) < 4.78 is 45.0. The number of hydrazine groups is 1. The molecule has 168 valence electrons. The average molecular weight is 454 g/mol. The predicted molar refractivity (Wildman–Crippen MR) is 114 cm³/mol. The van der Waals surface area contributed by atoms with Gasteiger partial charge in [0.25, 0.3) is 11.8 Å². The van der Waals surface area contributed by atoms with Crippen molar-refractivity contribution in [1.29, 1.82) is 0 Å². The van der Waals surface area contributed by atoms with Gasteiger partial charge in [-0.1, -0.05) is 18.2 Å². The molecule has 0 fully saturated rings. The summed E-state index contributed by atoms with van der Waals surface area (Å²) >= 11 is 0. The third-order valence-corrected chi connectivity index (χ3v) is 4.83. The highest BCUT2D eigenvalue weighted by molar-refractivity contribution is 6.08. The van der Waals surface area contributed by atoms with Gasteiger partial charge in [-0.05, 0) is 36.4 Å². The smallest absolute Gasteiger partial charge is 0.417 e. The van der Waals surface area contributed by atoms with Crippen LogP contribution in [0.15, 0.2) is 73.1 Å². The summed E-state index contributed by atoms with van der Waals surface area (Å²) in [6.07, 6.45) is -2.13. The molecule has 0 atom stereocenters. The Morgan fingerprint density at radius 1 is 0.939 bits per heavy atom. The molecule has 0 unspecified atom stereocenters. The molecule has 0 spiro atoms. The van der Waals surface area contributed by atoms with Gasteiger partial charge in [0.05, 0.1) is 11.1 Å². The van der Waals surface area contributed by atoms with Crippen molar-refractivity contribution < 1.29 is 27.5 Å². The van der Waals surface area contributed by atoms with Crippen LogP contribution in [0.2, 0.25) is 0 Å². The number of pyridine rings is 1. The Morgan fingerprint density at radius 3 is 2.30 bits per heavy atom. The monoisotopic (exact) mass is 454 g/mol. The zero-order valence-corrected chi connectivity index (χ0v) is 17.2. The fraction of sp³-hybridized carbons (Fsp3) is 0.0870. The van der Waals surface area contributed by atoms with Crippen molar-refractivity contribution in [2.45, 2.75) is 6.18 Å². The minimum Gasteiger partial charge on any atom is -0.439 e. The number of carbonyl (C=O) groups is 2. The molecule has 0 aliphatic carbocycles. The maximum atomic E-state index is 12.6. The van der Waals surface area contributed by atoms with Crippen molar-refractivity contribution >= 4 is 22.7 Å². The Bertz CT molecular complexity index is 1310. The van der Waals surface area contributed by atoms with Crippen LogP contribution >= 0.6 is 0 Å². The first-order chi connectivity index (χ1) is 15.7. The first kappa shape index (κ1) is 21.9. The highest BCUT2D eigenvalue weighted by atomic mass is 19.4. The standard InChI is InChI=1S/C23H17F3N4O3/c1-30-13-18(17-4-2-3-5-19(17)30)22(32)29-28-21(31)14-6-9-16(10-7-14)33-20-11-8-15(12-27-20)23(24,25)26/h2-13H,1H3,(H,28,31)(H,29,32). The van der Waals surface area contributed by atoms with Gasteiger partial charge in [-0.2, -0.15) is 13.2 Å². The van der Waals surface area contributed by atoms with Gasteiger partial charge in [0.15, 0.2) is 0 Å². The number of benzene rings is 2. The molecule has 2 heterocycles. The van der Waals surface area contributed by atoms with E-state index in [1.54, 1.807) is 6.20 Å². The first-order valence-electron chi connectivity index (χ1n) is 9.68. The SMILES string of the molecule is Cn1cc(C(=O)NNC(=O)c2ccc(Oc3ccc(C(F)(F)F)cn3)cc2)c2ccccc21. The van der Waals surface area contributed by atoms with Crippen molar-refractivity contribution in [3.05, 3.63) is 89.7 Å². The van der Waals surface area contributed by atoms with Gasteiger partial charge in [0.1, 0.15) is 5.75 Å². The molecule has 7 nitrogen and oxygen atoms in total. The molecular weight excluding hydrogens is 437 g/mol. The van der Waals surface area contributed by atoms with E-state index in [-0.39, 0.29) is 17.2 Å². The van der Waals surface area contributed by atoms with Crippen molar-refractivity contribution in [3.63, 3.8) is 0 Å². The Kier molecular flexibility index (Phi) is 5.74. The maximum absolute atomic E-state index is 12.6. The number of hydrogen-bond donors (Lipinski definition) is 2. The molecule has 0 saturated heterocycles. The number of halogens is 3. The summed E-state index contributed by atoms with van der Waals surface area (Å²) in [5.41, 5.74) is 5.40. The summed E-state index contributed by atoms with van der Waals surface area (Å²) in [7, 11) is 1.82. The fourth-order valence-corrected chi connectivity index (χ4v) is 3.18. The largest absolute Gasteiger partial charge is 0.439 e. The molecule has 2 amide bonds. The predicted octanol–water partition coefficient (Wildman–Crippen LogP) is 4.46. The lowest BCUT2D eigenvalue weighted by Gasteiger charge is -2.09. The van der Waals surface area contributed by atoms with E-state index in [9.17, 15) is 22.8 Å². The van der Waals surface area contributed by atoms with E-state index >= 15 is 0 Å². The molecule has 0 aliphatic rings. The van der Waals surface area contributed by atoms with Crippen LogP contribution in [0.1, 0.15) is 26.3 Å². The number of amides is 2. The van der Waals surface area contributed by atoms with Gasteiger partial charge in [-0.25, -0.2) is 4.98 Å². The van der Waals surface area contributed by atoms with Crippen LogP contribution in [-0.4, -0.2) is 21.4 Å². The third kappa shape index (κ3) is 4.79. The quantitative estimate of drug-likeness (QED) is 0.446. The summed E-state index contributed by atoms with van der Waals surface area (Å²) in [4.78, 5) is 28.5. The summed E-state index contributed by atoms with van der Waals surface area (Å²) in [6, 6.07) is 15.2. The highest BCUT2D eigenvalue weighted by Gasteiger charge is 2.30. The summed E-state index contributed by atoms with van der Waals surface area (Å²) in [5.74, 6) is -0.766. The Morgan fingerprint density at radius 2 is 1.64 bits per heavy atom. The van der Waals surface area contributed by atoms with Crippen LogP contribution in [0, 0.1) is 0 Å². The van der Waals surface area contributed by atoms with E-state index in [4.69, 9.17) is 4.74 Å². The molecule has 2 N–H and O–H groups in total. The number of hydrogen-bond acceptors (Lipinski definition) is 4. The number of alkyl halides is 3. The number of aryl methyl sites for hydroxylation is 1. The van der Waals surface area contributed by atoms with Gasteiger partial charge in [0.2, 0.25) is 5.88 Å². The lowest BCUT2D eigenvalue weighted by atomic mass is 10.2. The Balaban J connectivity index is 1.37. The number of fused-ring (bicyclic) bond motifs is 1. The zero-order valence-electron chi connectivity index (χ0n) is 17.2. The van der Waals surface area contributed by atoms with E-state index in [2.05, 4.69) is 15.8 Å². The maximum Gasteiger partial charge on any atom is 0.417 e. The van der Waals surface area contributed by atoms with E-state index in [0.29, 0.717) is 11.8 Å². The molecule has 4 aromatic rings. The number of aromatic nitrogens is 2. The molecule has 4 rings (SSSR count). The van der Waals surface area contributed by atoms with Crippen LogP contribution in [0.5, 0.6) is 11.6 Å². The second kappa shape index (κ2) is 8.65. The third-order valence-electron chi connectivity index (χ3n) is 4.83. The van der Waals surface area contributed by atoms with Crippen LogP contribution in [0.4, 0.5) is 13.2 Å². The second-order valence-electron chi connectivity index (χ2n) is 7.09. The van der Waals surface area contributed by atoms with Gasteiger partial charge >= 0.3 is 6.18 Å². The molecule has 2 aromatic heterocycles. The summed E-state index contributed by atoms with van der Waals surface area (Å²) in [6.45, 7) is 0. The van der Waals surface area contributed by atoms with Crippen LogP contribution in [0.3, 0.4) is 0 Å². The number of carbonyl (C=O) groups excluding carboxylic acids is 2. The fourth-order valence-electron chi connectivity index (χ4n) is 3.18. The lowest BCUT2D eigenvalue weighted by molar-refractivity contribution is -0.137. The average Bonchev–Trinajstić information content (AvgIpc) is 3.14. The molecule has 2 aromatic carbocycles. The van der Waals surface area contributed by atoms with E-state index < -0.39 is 23.6 Å². The minimum absolute atomic E-state index is 0.0254. The second-order valence-corrected chi connectivity index (χ2v) is 7.09. The van der Waals surface area contributed by atoms with Gasteiger partial charge in [-0.3, -0.25) is 20.4 Å². The molecule has 0 aliphatic heterocycles. The Hall–Kier alpha value is -4.34. The Labute approximate surface area is 185 Å². The topological polar surface area (TPSA) is 85.2 Å². The molecular formula is C23H17F3N4O3.